The Morgan fingerprint density at radius 1 is 1.62 bits per heavy atom. The first-order valence-corrected chi connectivity index (χ1v) is 3.10. The number of rotatable bonds is 3. The molecule has 0 heterocycles. The fraction of sp³-hybridized carbons (Fsp3) is 0.714. The van der Waals surface area contributed by atoms with Gasteiger partial charge >= 0.3 is 0 Å². The maximum Gasteiger partial charge on any atom is 0.0751 e. The second kappa shape index (κ2) is 4.69. The second-order valence-corrected chi connectivity index (χ2v) is 2.13. The Morgan fingerprint density at radius 2 is 2.25 bits per heavy atom. The van der Waals surface area contributed by atoms with Crippen LogP contribution in [-0.2, 0) is 0 Å². The highest BCUT2D eigenvalue weighted by Gasteiger charge is 1.91. The highest BCUT2D eigenvalue weighted by molar-refractivity contribution is 4.73. The Bertz CT molecular complexity index is 66.8. The van der Waals surface area contributed by atoms with Crippen LogP contribution in [0.15, 0.2) is 12.3 Å². The normalized spacial score (nSPS) is 14.8. The monoisotopic (exact) mass is 114 g/mol. The molecule has 48 valence electrons. The van der Waals surface area contributed by atoms with Gasteiger partial charge in [0.05, 0.1) is 6.26 Å². The maximum absolute atomic E-state index is 8.23. The van der Waals surface area contributed by atoms with E-state index in [1.807, 2.05) is 0 Å². The molecule has 0 aliphatic carbocycles. The molecule has 8 heavy (non-hydrogen) atoms. The lowest BCUT2D eigenvalue weighted by Crippen LogP contribution is -1.87. The van der Waals surface area contributed by atoms with E-state index < -0.39 is 0 Å². The van der Waals surface area contributed by atoms with Crippen molar-refractivity contribution >= 4 is 0 Å². The molecule has 0 fully saturated rings. The van der Waals surface area contributed by atoms with Gasteiger partial charge in [-0.05, 0) is 18.4 Å². The SMILES string of the molecule is CCC(C)C/C=C/O. The van der Waals surface area contributed by atoms with Crippen LogP contribution in [0.3, 0.4) is 0 Å². The summed E-state index contributed by atoms with van der Waals surface area (Å²) in [5, 5.41) is 8.23. The summed E-state index contributed by atoms with van der Waals surface area (Å²) in [6.07, 6.45) is 5.08. The number of aliphatic hydroxyl groups excluding tert-OH is 1. The third-order valence-corrected chi connectivity index (χ3v) is 1.34. The van der Waals surface area contributed by atoms with Crippen molar-refractivity contribution in [1.29, 1.82) is 0 Å². The molecule has 1 heteroatoms. The van der Waals surface area contributed by atoms with Crippen molar-refractivity contribution in [2.24, 2.45) is 5.92 Å². The van der Waals surface area contributed by atoms with Crippen molar-refractivity contribution in [3.8, 4) is 0 Å². The van der Waals surface area contributed by atoms with Crippen LogP contribution < -0.4 is 0 Å². The van der Waals surface area contributed by atoms with Gasteiger partial charge in [0.2, 0.25) is 0 Å². The van der Waals surface area contributed by atoms with Crippen molar-refractivity contribution in [3.05, 3.63) is 12.3 Å². The Balaban J connectivity index is 3.10. The molecule has 0 spiro atoms. The molecule has 1 atom stereocenters. The van der Waals surface area contributed by atoms with E-state index in [2.05, 4.69) is 13.8 Å². The summed E-state index contributed by atoms with van der Waals surface area (Å²) in [6, 6.07) is 0. The van der Waals surface area contributed by atoms with Crippen LogP contribution >= 0.6 is 0 Å². The third-order valence-electron chi connectivity index (χ3n) is 1.34. The van der Waals surface area contributed by atoms with Gasteiger partial charge in [-0.1, -0.05) is 20.3 Å². The molecule has 0 saturated heterocycles. The number of hydrogen-bond acceptors (Lipinski definition) is 1. The molecule has 1 N–H and O–H groups in total. The predicted molar refractivity (Wildman–Crippen MR) is 35.8 cm³/mol. The minimum atomic E-state index is 0.707. The van der Waals surface area contributed by atoms with Gasteiger partial charge in [-0.3, -0.25) is 0 Å². The van der Waals surface area contributed by atoms with E-state index in [1.54, 1.807) is 6.08 Å². The van der Waals surface area contributed by atoms with Gasteiger partial charge < -0.3 is 5.11 Å². The van der Waals surface area contributed by atoms with Crippen LogP contribution in [0.25, 0.3) is 0 Å². The van der Waals surface area contributed by atoms with Crippen molar-refractivity contribution in [1.82, 2.24) is 0 Å². The molecular formula is C7H14O. The van der Waals surface area contributed by atoms with Crippen LogP contribution in [-0.4, -0.2) is 5.11 Å². The van der Waals surface area contributed by atoms with Crippen molar-refractivity contribution < 1.29 is 5.11 Å². The summed E-state index contributed by atoms with van der Waals surface area (Å²) in [5.41, 5.74) is 0. The summed E-state index contributed by atoms with van der Waals surface area (Å²) < 4.78 is 0. The van der Waals surface area contributed by atoms with Crippen LogP contribution in [0.2, 0.25) is 0 Å². The lowest BCUT2D eigenvalue weighted by atomic mass is 10.1. The molecule has 0 aromatic heterocycles. The van der Waals surface area contributed by atoms with Gasteiger partial charge in [-0.2, -0.15) is 0 Å². The molecule has 0 aliphatic heterocycles. The number of allylic oxidation sites excluding steroid dienone is 1. The average Bonchev–Trinajstić information content (AvgIpc) is 1.83. The minimum absolute atomic E-state index is 0.707. The Labute approximate surface area is 51.0 Å². The molecule has 0 amide bonds. The molecule has 0 rings (SSSR count). The van der Waals surface area contributed by atoms with Crippen molar-refractivity contribution in [3.63, 3.8) is 0 Å². The molecule has 0 bridgehead atoms. The second-order valence-electron chi connectivity index (χ2n) is 2.13. The topological polar surface area (TPSA) is 20.2 Å². The Kier molecular flexibility index (Phi) is 4.42. The first kappa shape index (κ1) is 7.54. The molecule has 0 aliphatic rings. The first-order valence-electron chi connectivity index (χ1n) is 3.10. The molecule has 0 saturated carbocycles. The van der Waals surface area contributed by atoms with E-state index in [0.29, 0.717) is 5.92 Å². The van der Waals surface area contributed by atoms with Crippen LogP contribution in [0.4, 0.5) is 0 Å². The highest BCUT2D eigenvalue weighted by Crippen LogP contribution is 2.05. The highest BCUT2D eigenvalue weighted by atomic mass is 16.2. The summed E-state index contributed by atoms with van der Waals surface area (Å²) in [7, 11) is 0. The molecule has 1 unspecified atom stereocenters. The summed E-state index contributed by atoms with van der Waals surface area (Å²) in [6.45, 7) is 4.32. The largest absolute Gasteiger partial charge is 0.516 e. The van der Waals surface area contributed by atoms with E-state index >= 15 is 0 Å². The molecule has 0 aromatic carbocycles. The van der Waals surface area contributed by atoms with E-state index in [-0.39, 0.29) is 0 Å². The number of hydrogen-bond donors (Lipinski definition) is 1. The zero-order valence-electron chi connectivity index (χ0n) is 5.59. The summed E-state index contributed by atoms with van der Waals surface area (Å²) in [4.78, 5) is 0. The standard InChI is InChI=1S/C7H14O/c1-3-7(2)5-4-6-8/h4,6-8H,3,5H2,1-2H3/b6-4+. The lowest BCUT2D eigenvalue weighted by molar-refractivity contribution is 0.464. The lowest BCUT2D eigenvalue weighted by Gasteiger charge is -2.00. The Morgan fingerprint density at radius 3 is 2.62 bits per heavy atom. The van der Waals surface area contributed by atoms with Gasteiger partial charge in [0.25, 0.3) is 0 Å². The summed E-state index contributed by atoms with van der Waals surface area (Å²) in [5.74, 6) is 0.707. The predicted octanol–water partition coefficient (Wildman–Crippen LogP) is 2.49. The third kappa shape index (κ3) is 3.72. The van der Waals surface area contributed by atoms with Gasteiger partial charge in [0, 0.05) is 0 Å². The molecular weight excluding hydrogens is 100 g/mol. The van der Waals surface area contributed by atoms with Crippen LogP contribution in [0.5, 0.6) is 0 Å². The van der Waals surface area contributed by atoms with Crippen molar-refractivity contribution in [2.45, 2.75) is 26.7 Å². The van der Waals surface area contributed by atoms with Crippen LogP contribution in [0, 0.1) is 5.92 Å². The molecule has 0 radical (unpaired) electrons. The number of aliphatic hydroxyl groups is 1. The zero-order chi connectivity index (χ0) is 6.41. The van der Waals surface area contributed by atoms with E-state index in [1.165, 1.54) is 6.42 Å². The summed E-state index contributed by atoms with van der Waals surface area (Å²) >= 11 is 0. The minimum Gasteiger partial charge on any atom is -0.516 e. The van der Waals surface area contributed by atoms with E-state index in [0.717, 1.165) is 12.7 Å². The Hall–Kier alpha value is -0.460. The fourth-order valence-electron chi connectivity index (χ4n) is 0.460. The van der Waals surface area contributed by atoms with E-state index in [9.17, 15) is 0 Å². The van der Waals surface area contributed by atoms with Gasteiger partial charge in [0.1, 0.15) is 0 Å². The maximum atomic E-state index is 8.23. The van der Waals surface area contributed by atoms with Crippen LogP contribution in [0.1, 0.15) is 26.7 Å². The fourth-order valence-corrected chi connectivity index (χ4v) is 0.460. The van der Waals surface area contributed by atoms with Gasteiger partial charge in [-0.15, -0.1) is 0 Å². The smallest absolute Gasteiger partial charge is 0.0751 e. The average molecular weight is 114 g/mol. The quantitative estimate of drug-likeness (QED) is 0.559. The van der Waals surface area contributed by atoms with Crippen molar-refractivity contribution in [2.75, 3.05) is 0 Å². The van der Waals surface area contributed by atoms with Gasteiger partial charge in [0.15, 0.2) is 0 Å². The first-order chi connectivity index (χ1) is 3.81. The van der Waals surface area contributed by atoms with E-state index in [4.69, 9.17) is 5.11 Å². The molecule has 0 aromatic rings. The zero-order valence-corrected chi connectivity index (χ0v) is 5.59. The van der Waals surface area contributed by atoms with Gasteiger partial charge in [-0.25, -0.2) is 0 Å². The molecule has 1 nitrogen and oxygen atoms in total.